The normalized spacial score (nSPS) is 11.7. The van der Waals surface area contributed by atoms with Crippen LogP contribution in [0.1, 0.15) is 89.7 Å². The van der Waals surface area contributed by atoms with Gasteiger partial charge < -0.3 is 14.2 Å². The first-order valence-corrected chi connectivity index (χ1v) is 11.3. The fourth-order valence-electron chi connectivity index (χ4n) is 3.56. The molecule has 0 heterocycles. The summed E-state index contributed by atoms with van der Waals surface area (Å²) in [6.07, 6.45) is 12.6. The van der Waals surface area contributed by atoms with E-state index >= 15 is 0 Å². The molecule has 0 aliphatic rings. The molecule has 28 heavy (non-hydrogen) atoms. The number of benzene rings is 1. The minimum Gasteiger partial charge on any atom is -0.377 e. The molecule has 1 rings (SSSR count). The van der Waals surface area contributed by atoms with Crippen molar-refractivity contribution in [1.82, 2.24) is 0 Å². The molecular weight excluding hydrogens is 348 g/mol. The van der Waals surface area contributed by atoms with Gasteiger partial charge in [-0.2, -0.15) is 0 Å². The summed E-state index contributed by atoms with van der Waals surface area (Å²) in [6.45, 7) is 12.7. The van der Waals surface area contributed by atoms with Gasteiger partial charge in [-0.3, -0.25) is 0 Å². The van der Waals surface area contributed by atoms with Crippen molar-refractivity contribution in [2.45, 2.75) is 91.0 Å². The Hall–Kier alpha value is -1.16. The molecule has 0 saturated carbocycles. The van der Waals surface area contributed by atoms with Crippen molar-refractivity contribution in [1.29, 1.82) is 0 Å². The predicted molar refractivity (Wildman–Crippen MR) is 119 cm³/mol. The van der Waals surface area contributed by atoms with Gasteiger partial charge in [0.2, 0.25) is 0 Å². The molecule has 3 heteroatoms. The van der Waals surface area contributed by atoms with Crippen LogP contribution < -0.4 is 0 Å². The van der Waals surface area contributed by atoms with Crippen LogP contribution in [0.25, 0.3) is 6.08 Å². The summed E-state index contributed by atoms with van der Waals surface area (Å²) in [4.78, 5) is 0. The Morgan fingerprint density at radius 3 is 2.21 bits per heavy atom. The third-order valence-corrected chi connectivity index (χ3v) is 5.06. The van der Waals surface area contributed by atoms with Crippen LogP contribution in [0.3, 0.4) is 0 Å². The van der Waals surface area contributed by atoms with E-state index in [-0.39, 0.29) is 0 Å². The second-order valence-electron chi connectivity index (χ2n) is 7.40. The molecule has 0 aromatic heterocycles. The SMILES string of the molecule is C=Cc1cccc(COCCC(CCCCCCCCC)(OCC)OCC)c1. The molecule has 0 saturated heterocycles. The van der Waals surface area contributed by atoms with E-state index in [0.717, 1.165) is 24.8 Å². The zero-order chi connectivity index (χ0) is 20.5. The maximum atomic E-state index is 6.09. The van der Waals surface area contributed by atoms with Gasteiger partial charge in [-0.05, 0) is 37.5 Å². The number of hydrogen-bond donors (Lipinski definition) is 0. The minimum absolute atomic E-state index is 0.504. The number of ether oxygens (including phenoxy) is 3. The van der Waals surface area contributed by atoms with E-state index < -0.39 is 5.79 Å². The molecule has 0 radical (unpaired) electrons. The summed E-state index contributed by atoms with van der Waals surface area (Å²) in [5.74, 6) is -0.504. The quantitative estimate of drug-likeness (QED) is 0.197. The van der Waals surface area contributed by atoms with E-state index in [2.05, 4.69) is 25.6 Å². The van der Waals surface area contributed by atoms with Crippen LogP contribution in [0.5, 0.6) is 0 Å². The maximum absolute atomic E-state index is 6.09. The second kappa shape index (κ2) is 15.7. The average Bonchev–Trinajstić information content (AvgIpc) is 2.71. The maximum Gasteiger partial charge on any atom is 0.170 e. The Balaban J connectivity index is 2.42. The smallest absolute Gasteiger partial charge is 0.170 e. The molecule has 0 fully saturated rings. The van der Waals surface area contributed by atoms with E-state index in [1.54, 1.807) is 0 Å². The van der Waals surface area contributed by atoms with Crippen molar-refractivity contribution < 1.29 is 14.2 Å². The molecule has 0 bridgehead atoms. The Bertz CT molecular complexity index is 506. The van der Waals surface area contributed by atoms with Crippen molar-refractivity contribution >= 4 is 6.08 Å². The molecule has 0 amide bonds. The van der Waals surface area contributed by atoms with Gasteiger partial charge in [0.05, 0.1) is 13.2 Å². The number of hydrogen-bond acceptors (Lipinski definition) is 3. The van der Waals surface area contributed by atoms with Crippen LogP contribution in [-0.2, 0) is 20.8 Å². The molecule has 3 nitrogen and oxygen atoms in total. The highest BCUT2D eigenvalue weighted by Crippen LogP contribution is 2.26. The van der Waals surface area contributed by atoms with Crippen LogP contribution in [0.15, 0.2) is 30.8 Å². The Morgan fingerprint density at radius 1 is 0.893 bits per heavy atom. The molecule has 1 aromatic carbocycles. The van der Waals surface area contributed by atoms with Crippen molar-refractivity contribution in [3.05, 3.63) is 42.0 Å². The topological polar surface area (TPSA) is 27.7 Å². The molecule has 0 aliphatic heterocycles. The van der Waals surface area contributed by atoms with E-state index in [4.69, 9.17) is 14.2 Å². The molecule has 0 aliphatic carbocycles. The summed E-state index contributed by atoms with van der Waals surface area (Å²) in [5.41, 5.74) is 2.29. The molecule has 0 N–H and O–H groups in total. The van der Waals surface area contributed by atoms with Crippen LogP contribution >= 0.6 is 0 Å². The van der Waals surface area contributed by atoms with E-state index in [1.165, 1.54) is 44.1 Å². The molecule has 0 spiro atoms. The summed E-state index contributed by atoms with van der Waals surface area (Å²) >= 11 is 0. The molecule has 1 aromatic rings. The lowest BCUT2D eigenvalue weighted by molar-refractivity contribution is -0.246. The number of rotatable bonds is 18. The van der Waals surface area contributed by atoms with Crippen LogP contribution in [0.4, 0.5) is 0 Å². The first-order valence-electron chi connectivity index (χ1n) is 11.3. The van der Waals surface area contributed by atoms with Gasteiger partial charge in [-0.1, -0.05) is 76.3 Å². The van der Waals surface area contributed by atoms with Gasteiger partial charge in [-0.15, -0.1) is 0 Å². The van der Waals surface area contributed by atoms with Gasteiger partial charge in [0.25, 0.3) is 0 Å². The lowest BCUT2D eigenvalue weighted by Crippen LogP contribution is -2.37. The fraction of sp³-hybridized carbons (Fsp3) is 0.680. The Labute approximate surface area is 173 Å². The van der Waals surface area contributed by atoms with Crippen LogP contribution in [0.2, 0.25) is 0 Å². The van der Waals surface area contributed by atoms with E-state index in [1.807, 2.05) is 32.1 Å². The van der Waals surface area contributed by atoms with E-state index in [0.29, 0.717) is 26.4 Å². The highest BCUT2D eigenvalue weighted by molar-refractivity contribution is 5.47. The van der Waals surface area contributed by atoms with Gasteiger partial charge in [0.15, 0.2) is 5.79 Å². The highest BCUT2D eigenvalue weighted by atomic mass is 16.7. The number of unbranched alkanes of at least 4 members (excludes halogenated alkanes) is 6. The lowest BCUT2D eigenvalue weighted by atomic mass is 10.0. The molecule has 0 unspecified atom stereocenters. The van der Waals surface area contributed by atoms with E-state index in [9.17, 15) is 0 Å². The van der Waals surface area contributed by atoms with Gasteiger partial charge in [-0.25, -0.2) is 0 Å². The van der Waals surface area contributed by atoms with Gasteiger partial charge in [0, 0.05) is 26.1 Å². The van der Waals surface area contributed by atoms with Crippen LogP contribution in [0, 0.1) is 0 Å². The highest BCUT2D eigenvalue weighted by Gasteiger charge is 2.30. The second-order valence-corrected chi connectivity index (χ2v) is 7.40. The van der Waals surface area contributed by atoms with Crippen molar-refractivity contribution in [2.75, 3.05) is 19.8 Å². The summed E-state index contributed by atoms with van der Waals surface area (Å²) < 4.78 is 18.1. The van der Waals surface area contributed by atoms with Gasteiger partial charge in [0.1, 0.15) is 0 Å². The lowest BCUT2D eigenvalue weighted by Gasteiger charge is -2.33. The average molecular weight is 391 g/mol. The standard InChI is InChI=1S/C25H42O3/c1-5-9-10-11-12-13-14-18-25(27-7-3,28-8-4)19-20-26-22-24-17-15-16-23(6-2)21-24/h6,15-17,21H,2,5,7-14,18-20,22H2,1,3-4H3. The third-order valence-electron chi connectivity index (χ3n) is 5.06. The van der Waals surface area contributed by atoms with Gasteiger partial charge >= 0.3 is 0 Å². The summed E-state index contributed by atoms with van der Waals surface area (Å²) in [7, 11) is 0. The summed E-state index contributed by atoms with van der Waals surface area (Å²) in [5, 5.41) is 0. The zero-order valence-electron chi connectivity index (χ0n) is 18.5. The van der Waals surface area contributed by atoms with Crippen LogP contribution in [-0.4, -0.2) is 25.6 Å². The Morgan fingerprint density at radius 2 is 1.57 bits per heavy atom. The monoisotopic (exact) mass is 390 g/mol. The van der Waals surface area contributed by atoms with Crippen molar-refractivity contribution in [3.8, 4) is 0 Å². The van der Waals surface area contributed by atoms with Crippen molar-refractivity contribution in [3.63, 3.8) is 0 Å². The first kappa shape index (κ1) is 24.9. The fourth-order valence-corrected chi connectivity index (χ4v) is 3.56. The third kappa shape index (κ3) is 10.4. The summed E-state index contributed by atoms with van der Waals surface area (Å²) in [6, 6.07) is 8.29. The molecule has 0 atom stereocenters. The predicted octanol–water partition coefficient (Wildman–Crippen LogP) is 7.15. The molecule has 160 valence electrons. The largest absolute Gasteiger partial charge is 0.377 e. The van der Waals surface area contributed by atoms with Crippen molar-refractivity contribution in [2.24, 2.45) is 0 Å². The zero-order valence-corrected chi connectivity index (χ0v) is 18.5. The molecular formula is C25H42O3. The minimum atomic E-state index is -0.504. The first-order chi connectivity index (χ1) is 13.7. The Kier molecular flexibility index (Phi) is 14.0.